The SMILES string of the molecule is CCCCc1c(C=O)cccc1-c1ccccc1. The fraction of sp³-hybridized carbons (Fsp3) is 0.235. The Morgan fingerprint density at radius 3 is 2.44 bits per heavy atom. The zero-order valence-corrected chi connectivity index (χ0v) is 10.7. The van der Waals surface area contributed by atoms with E-state index in [-0.39, 0.29) is 0 Å². The summed E-state index contributed by atoms with van der Waals surface area (Å²) in [6.45, 7) is 2.17. The monoisotopic (exact) mass is 238 g/mol. The molecule has 92 valence electrons. The van der Waals surface area contributed by atoms with E-state index in [1.54, 1.807) is 0 Å². The molecule has 0 N–H and O–H groups in total. The maximum Gasteiger partial charge on any atom is 0.150 e. The van der Waals surface area contributed by atoms with Crippen molar-refractivity contribution in [3.63, 3.8) is 0 Å². The molecule has 0 saturated carbocycles. The number of unbranched alkanes of at least 4 members (excludes halogenated alkanes) is 1. The van der Waals surface area contributed by atoms with Gasteiger partial charge in [0.25, 0.3) is 0 Å². The zero-order chi connectivity index (χ0) is 12.8. The van der Waals surface area contributed by atoms with E-state index in [9.17, 15) is 4.79 Å². The second-order valence-corrected chi connectivity index (χ2v) is 4.46. The molecule has 2 rings (SSSR count). The lowest BCUT2D eigenvalue weighted by Gasteiger charge is -2.11. The molecule has 0 unspecified atom stereocenters. The van der Waals surface area contributed by atoms with Crippen LogP contribution in [0.3, 0.4) is 0 Å². The highest BCUT2D eigenvalue weighted by atomic mass is 16.1. The lowest BCUT2D eigenvalue weighted by molar-refractivity contribution is 0.112. The molecule has 0 aromatic heterocycles. The molecule has 2 aromatic carbocycles. The van der Waals surface area contributed by atoms with E-state index >= 15 is 0 Å². The summed E-state index contributed by atoms with van der Waals surface area (Å²) in [7, 11) is 0. The summed E-state index contributed by atoms with van der Waals surface area (Å²) in [6.07, 6.45) is 4.19. The van der Waals surface area contributed by atoms with Crippen molar-refractivity contribution in [3.05, 3.63) is 59.7 Å². The summed E-state index contributed by atoms with van der Waals surface area (Å²) >= 11 is 0. The van der Waals surface area contributed by atoms with Crippen LogP contribution in [-0.2, 0) is 6.42 Å². The number of rotatable bonds is 5. The van der Waals surface area contributed by atoms with E-state index in [0.29, 0.717) is 0 Å². The highest BCUT2D eigenvalue weighted by Gasteiger charge is 2.08. The molecule has 0 heterocycles. The average Bonchev–Trinajstić information content (AvgIpc) is 2.45. The van der Waals surface area contributed by atoms with Crippen LogP contribution in [-0.4, -0.2) is 6.29 Å². The maximum atomic E-state index is 11.2. The van der Waals surface area contributed by atoms with Crippen molar-refractivity contribution in [2.75, 3.05) is 0 Å². The first-order chi connectivity index (χ1) is 8.86. The molecule has 0 aliphatic rings. The Morgan fingerprint density at radius 1 is 1.00 bits per heavy atom. The standard InChI is InChI=1S/C17H18O/c1-2-3-11-17-15(13-18)10-7-12-16(17)14-8-5-4-6-9-14/h4-10,12-13H,2-3,11H2,1H3. The third-order valence-electron chi connectivity index (χ3n) is 3.20. The van der Waals surface area contributed by atoms with Crippen molar-refractivity contribution >= 4 is 6.29 Å². The second kappa shape index (κ2) is 6.15. The summed E-state index contributed by atoms with van der Waals surface area (Å²) in [6, 6.07) is 16.2. The summed E-state index contributed by atoms with van der Waals surface area (Å²) in [4.78, 5) is 11.2. The van der Waals surface area contributed by atoms with Gasteiger partial charge >= 0.3 is 0 Å². The molecule has 0 spiro atoms. The van der Waals surface area contributed by atoms with E-state index in [1.165, 1.54) is 16.7 Å². The van der Waals surface area contributed by atoms with Gasteiger partial charge in [0.15, 0.2) is 0 Å². The van der Waals surface area contributed by atoms with Crippen LogP contribution in [0.25, 0.3) is 11.1 Å². The van der Waals surface area contributed by atoms with Crippen LogP contribution in [0.4, 0.5) is 0 Å². The summed E-state index contributed by atoms with van der Waals surface area (Å²) in [5.74, 6) is 0. The normalized spacial score (nSPS) is 10.3. The van der Waals surface area contributed by atoms with Gasteiger partial charge in [-0.15, -0.1) is 0 Å². The van der Waals surface area contributed by atoms with Gasteiger partial charge < -0.3 is 0 Å². The van der Waals surface area contributed by atoms with E-state index in [0.717, 1.165) is 31.1 Å². The smallest absolute Gasteiger partial charge is 0.150 e. The van der Waals surface area contributed by atoms with Gasteiger partial charge in [0.2, 0.25) is 0 Å². The number of hydrogen-bond donors (Lipinski definition) is 0. The van der Waals surface area contributed by atoms with Crippen LogP contribution in [0.15, 0.2) is 48.5 Å². The van der Waals surface area contributed by atoms with Gasteiger partial charge in [0, 0.05) is 5.56 Å². The third kappa shape index (κ3) is 2.67. The number of carbonyl (C=O) groups excluding carboxylic acids is 1. The van der Waals surface area contributed by atoms with Gasteiger partial charge in [-0.3, -0.25) is 4.79 Å². The van der Waals surface area contributed by atoms with Crippen LogP contribution >= 0.6 is 0 Å². The van der Waals surface area contributed by atoms with E-state index in [1.807, 2.05) is 30.3 Å². The maximum absolute atomic E-state index is 11.2. The van der Waals surface area contributed by atoms with Crippen LogP contribution in [0.1, 0.15) is 35.7 Å². The predicted molar refractivity (Wildman–Crippen MR) is 75.9 cm³/mol. The van der Waals surface area contributed by atoms with Crippen LogP contribution in [0.2, 0.25) is 0 Å². The zero-order valence-electron chi connectivity index (χ0n) is 10.7. The van der Waals surface area contributed by atoms with Crippen molar-refractivity contribution in [2.24, 2.45) is 0 Å². The molecule has 1 nitrogen and oxygen atoms in total. The fourth-order valence-electron chi connectivity index (χ4n) is 2.24. The van der Waals surface area contributed by atoms with Crippen molar-refractivity contribution in [3.8, 4) is 11.1 Å². The molecule has 0 aliphatic carbocycles. The molecule has 1 heteroatoms. The van der Waals surface area contributed by atoms with Gasteiger partial charge in [-0.2, -0.15) is 0 Å². The minimum absolute atomic E-state index is 0.824. The van der Waals surface area contributed by atoms with Gasteiger partial charge in [-0.05, 0) is 29.5 Å². The number of aldehydes is 1. The molecule has 0 amide bonds. The molecule has 0 fully saturated rings. The lowest BCUT2D eigenvalue weighted by atomic mass is 9.92. The molecule has 0 aliphatic heterocycles. The summed E-state index contributed by atoms with van der Waals surface area (Å²) < 4.78 is 0. The van der Waals surface area contributed by atoms with Crippen molar-refractivity contribution in [1.29, 1.82) is 0 Å². The van der Waals surface area contributed by atoms with Gasteiger partial charge in [0.1, 0.15) is 6.29 Å². The molecular formula is C17H18O. The van der Waals surface area contributed by atoms with Gasteiger partial charge in [-0.1, -0.05) is 61.9 Å². The van der Waals surface area contributed by atoms with E-state index in [2.05, 4.69) is 25.1 Å². The lowest BCUT2D eigenvalue weighted by Crippen LogP contribution is -1.96. The van der Waals surface area contributed by atoms with Crippen molar-refractivity contribution in [1.82, 2.24) is 0 Å². The molecule has 0 atom stereocenters. The molecule has 0 bridgehead atoms. The first kappa shape index (κ1) is 12.6. The van der Waals surface area contributed by atoms with Crippen LogP contribution in [0, 0.1) is 0 Å². The Morgan fingerprint density at radius 2 is 1.78 bits per heavy atom. The largest absolute Gasteiger partial charge is 0.298 e. The Balaban J connectivity index is 2.49. The number of hydrogen-bond acceptors (Lipinski definition) is 1. The van der Waals surface area contributed by atoms with Crippen molar-refractivity contribution < 1.29 is 4.79 Å². The summed E-state index contributed by atoms with van der Waals surface area (Å²) in [5, 5.41) is 0. The highest BCUT2D eigenvalue weighted by Crippen LogP contribution is 2.27. The molecular weight excluding hydrogens is 220 g/mol. The fourth-order valence-corrected chi connectivity index (χ4v) is 2.24. The van der Waals surface area contributed by atoms with Gasteiger partial charge in [0.05, 0.1) is 0 Å². The van der Waals surface area contributed by atoms with Crippen LogP contribution < -0.4 is 0 Å². The van der Waals surface area contributed by atoms with Crippen LogP contribution in [0.5, 0.6) is 0 Å². The van der Waals surface area contributed by atoms with Crippen molar-refractivity contribution in [2.45, 2.75) is 26.2 Å². The Hall–Kier alpha value is -1.89. The average molecular weight is 238 g/mol. The van der Waals surface area contributed by atoms with E-state index in [4.69, 9.17) is 0 Å². The minimum Gasteiger partial charge on any atom is -0.298 e. The quantitative estimate of drug-likeness (QED) is 0.700. The molecule has 0 saturated heterocycles. The third-order valence-corrected chi connectivity index (χ3v) is 3.20. The molecule has 2 aromatic rings. The number of benzene rings is 2. The first-order valence-electron chi connectivity index (χ1n) is 6.49. The van der Waals surface area contributed by atoms with E-state index < -0.39 is 0 Å². The Bertz CT molecular complexity index is 514. The predicted octanol–water partition coefficient (Wildman–Crippen LogP) is 4.51. The summed E-state index contributed by atoms with van der Waals surface area (Å²) in [5.41, 5.74) is 4.38. The topological polar surface area (TPSA) is 17.1 Å². The minimum atomic E-state index is 0.824. The molecule has 18 heavy (non-hydrogen) atoms. The Labute approximate surface area is 108 Å². The Kier molecular flexibility index (Phi) is 4.30. The second-order valence-electron chi connectivity index (χ2n) is 4.46. The first-order valence-corrected chi connectivity index (χ1v) is 6.49. The van der Waals surface area contributed by atoms with Gasteiger partial charge in [-0.25, -0.2) is 0 Å². The number of carbonyl (C=O) groups is 1. The molecule has 0 radical (unpaired) electrons. The highest BCUT2D eigenvalue weighted by molar-refractivity contribution is 5.83.